The van der Waals surface area contributed by atoms with Gasteiger partial charge in [-0.2, -0.15) is 0 Å². The molecule has 0 amide bonds. The average molecular weight is 362 g/mol. The van der Waals surface area contributed by atoms with E-state index in [4.69, 9.17) is 0 Å². The number of nitrogens with zero attached hydrogens (tertiary/aromatic N) is 2. The summed E-state index contributed by atoms with van der Waals surface area (Å²) in [7, 11) is 1.87. The summed E-state index contributed by atoms with van der Waals surface area (Å²) in [5.74, 6) is -1.41. The molecule has 0 fully saturated rings. The Morgan fingerprint density at radius 3 is 2.64 bits per heavy atom. The van der Waals surface area contributed by atoms with Crippen molar-refractivity contribution in [3.63, 3.8) is 0 Å². The molecule has 0 heterocycles. The molecule has 2 aromatic carbocycles. The number of ketones is 1. The third-order valence-corrected chi connectivity index (χ3v) is 4.72. The lowest BCUT2D eigenvalue weighted by atomic mass is 10.1. The number of hydrogen-bond acceptors (Lipinski definition) is 3. The largest absolute Gasteiger partial charge is 0.366 e. The summed E-state index contributed by atoms with van der Waals surface area (Å²) >= 11 is 1.06. The second-order valence-electron chi connectivity index (χ2n) is 5.58. The molecule has 0 saturated heterocycles. The number of thioether (sulfide) groups is 1. The number of aryl methyl sites for hydroxylation is 1. The lowest BCUT2D eigenvalue weighted by Crippen LogP contribution is -2.14. The highest BCUT2D eigenvalue weighted by atomic mass is 32.2. The lowest BCUT2D eigenvalue weighted by Gasteiger charge is -2.10. The molecule has 25 heavy (non-hydrogen) atoms. The van der Waals surface area contributed by atoms with Crippen molar-refractivity contribution in [1.82, 2.24) is 4.90 Å². The van der Waals surface area contributed by atoms with Crippen LogP contribution in [0.3, 0.4) is 0 Å². The first-order chi connectivity index (χ1) is 11.9. The minimum absolute atomic E-state index is 0.00383. The van der Waals surface area contributed by atoms with Gasteiger partial charge in [0, 0.05) is 24.6 Å². The summed E-state index contributed by atoms with van der Waals surface area (Å²) < 4.78 is 27.9. The fourth-order valence-electron chi connectivity index (χ4n) is 2.05. The van der Waals surface area contributed by atoms with Gasteiger partial charge in [0.25, 0.3) is 0 Å². The fourth-order valence-corrected chi connectivity index (χ4v) is 2.87. The maximum Gasteiger partial charge on any atom is 0.176 e. The van der Waals surface area contributed by atoms with Gasteiger partial charge in [0.15, 0.2) is 5.78 Å². The molecule has 0 saturated carbocycles. The van der Waals surface area contributed by atoms with Crippen LogP contribution in [0.4, 0.5) is 14.5 Å². The third kappa shape index (κ3) is 5.13. The molecule has 0 N–H and O–H groups in total. The molecule has 0 atom stereocenters. The summed E-state index contributed by atoms with van der Waals surface area (Å²) in [6, 6.07) is 8.96. The van der Waals surface area contributed by atoms with Gasteiger partial charge < -0.3 is 4.90 Å². The SMILES string of the molecule is CCN(C)/C=N/c1cc(F)c(C(=O)CSc2ccccc2F)cc1C. The summed E-state index contributed by atoms with van der Waals surface area (Å²) in [6.45, 7) is 4.54. The van der Waals surface area contributed by atoms with Crippen LogP contribution in [0.1, 0.15) is 22.8 Å². The first-order valence-corrected chi connectivity index (χ1v) is 8.86. The molecule has 0 spiro atoms. The molecule has 0 bridgehead atoms. The second kappa shape index (κ2) is 8.76. The zero-order valence-electron chi connectivity index (χ0n) is 14.4. The van der Waals surface area contributed by atoms with Crippen LogP contribution in [0.5, 0.6) is 0 Å². The normalized spacial score (nSPS) is 11.1. The van der Waals surface area contributed by atoms with Crippen molar-refractivity contribution >= 4 is 29.6 Å². The molecule has 0 aliphatic rings. The van der Waals surface area contributed by atoms with Crippen molar-refractivity contribution in [1.29, 1.82) is 0 Å². The van der Waals surface area contributed by atoms with Gasteiger partial charge in [-0.25, -0.2) is 13.8 Å². The van der Waals surface area contributed by atoms with E-state index in [-0.39, 0.29) is 22.9 Å². The molecule has 2 rings (SSSR count). The molecule has 2 aromatic rings. The van der Waals surface area contributed by atoms with E-state index in [0.29, 0.717) is 16.1 Å². The van der Waals surface area contributed by atoms with Crippen molar-refractivity contribution in [3.05, 3.63) is 59.2 Å². The summed E-state index contributed by atoms with van der Waals surface area (Å²) in [6.07, 6.45) is 1.62. The molecule has 0 unspecified atom stereocenters. The number of Topliss-reactive ketones (excluding diaryl/α,β-unsaturated/α-hetero) is 1. The molecule has 0 aliphatic heterocycles. The molecule has 0 radical (unpaired) electrons. The van der Waals surface area contributed by atoms with Crippen molar-refractivity contribution in [2.75, 3.05) is 19.3 Å². The summed E-state index contributed by atoms with van der Waals surface area (Å²) in [4.78, 5) is 18.8. The lowest BCUT2D eigenvalue weighted by molar-refractivity contribution is 0.101. The van der Waals surface area contributed by atoms with Crippen molar-refractivity contribution < 1.29 is 13.6 Å². The third-order valence-electron chi connectivity index (χ3n) is 3.67. The maximum atomic E-state index is 14.3. The number of aliphatic imine (C=N–C) groups is 1. The Balaban J connectivity index is 2.13. The first-order valence-electron chi connectivity index (χ1n) is 7.87. The number of hydrogen-bond donors (Lipinski definition) is 0. The highest BCUT2D eigenvalue weighted by molar-refractivity contribution is 8.00. The zero-order chi connectivity index (χ0) is 18.4. The van der Waals surface area contributed by atoms with Gasteiger partial charge in [-0.15, -0.1) is 11.8 Å². The smallest absolute Gasteiger partial charge is 0.176 e. The molecule has 0 aromatic heterocycles. The summed E-state index contributed by atoms with van der Waals surface area (Å²) in [5, 5.41) is 0. The Morgan fingerprint density at radius 2 is 1.96 bits per heavy atom. The van der Waals surface area contributed by atoms with Crippen molar-refractivity contribution in [2.45, 2.75) is 18.7 Å². The predicted octanol–water partition coefficient (Wildman–Crippen LogP) is 4.86. The van der Waals surface area contributed by atoms with Gasteiger partial charge in [0.2, 0.25) is 0 Å². The van der Waals surface area contributed by atoms with E-state index in [1.165, 1.54) is 18.2 Å². The quantitative estimate of drug-likeness (QED) is 0.305. The average Bonchev–Trinajstić information content (AvgIpc) is 2.60. The van der Waals surface area contributed by atoms with Gasteiger partial charge in [0.1, 0.15) is 11.6 Å². The summed E-state index contributed by atoms with van der Waals surface area (Å²) in [5.41, 5.74) is 1.20. The van der Waals surface area contributed by atoms with Crippen molar-refractivity contribution in [2.24, 2.45) is 4.99 Å². The Morgan fingerprint density at radius 1 is 1.24 bits per heavy atom. The van der Waals surface area contributed by atoms with E-state index in [1.54, 1.807) is 31.5 Å². The first kappa shape index (κ1) is 19.1. The van der Waals surface area contributed by atoms with Crippen molar-refractivity contribution in [3.8, 4) is 0 Å². The monoisotopic (exact) mass is 362 g/mol. The Labute approximate surface area is 150 Å². The van der Waals surface area contributed by atoms with E-state index in [9.17, 15) is 13.6 Å². The molecular formula is C19H20F2N2OS. The Kier molecular flexibility index (Phi) is 6.70. The molecule has 3 nitrogen and oxygen atoms in total. The molecule has 0 aliphatic carbocycles. The van der Waals surface area contributed by atoms with Gasteiger partial charge in [-0.1, -0.05) is 12.1 Å². The van der Waals surface area contributed by atoms with Crippen LogP contribution < -0.4 is 0 Å². The molecular weight excluding hydrogens is 342 g/mol. The minimum atomic E-state index is -0.615. The van der Waals surface area contributed by atoms with Crippen LogP contribution in [0.25, 0.3) is 0 Å². The highest BCUT2D eigenvalue weighted by Crippen LogP contribution is 2.26. The van der Waals surface area contributed by atoms with Crippen LogP contribution in [0.2, 0.25) is 0 Å². The van der Waals surface area contributed by atoms with Crippen LogP contribution in [0, 0.1) is 18.6 Å². The predicted molar refractivity (Wildman–Crippen MR) is 99.0 cm³/mol. The standard InChI is InChI=1S/C19H20F2N2OS/c1-4-23(3)12-22-17-10-16(21)14(9-13(17)2)18(24)11-25-19-8-6-5-7-15(19)20/h5-10,12H,4,11H2,1-3H3/b22-12+. The maximum absolute atomic E-state index is 14.3. The fraction of sp³-hybridized carbons (Fsp3) is 0.263. The van der Waals surface area contributed by atoms with Crippen LogP contribution in [-0.4, -0.2) is 36.4 Å². The highest BCUT2D eigenvalue weighted by Gasteiger charge is 2.15. The molecule has 6 heteroatoms. The number of rotatable bonds is 7. The van der Waals surface area contributed by atoms with Gasteiger partial charge in [0.05, 0.1) is 23.3 Å². The zero-order valence-corrected chi connectivity index (χ0v) is 15.2. The van der Waals surface area contributed by atoms with Gasteiger partial charge in [-0.05, 0) is 37.6 Å². The van der Waals surface area contributed by atoms with Crippen LogP contribution >= 0.6 is 11.8 Å². The minimum Gasteiger partial charge on any atom is -0.366 e. The number of benzene rings is 2. The Hall–Kier alpha value is -2.21. The van der Waals surface area contributed by atoms with E-state index in [2.05, 4.69) is 4.99 Å². The van der Waals surface area contributed by atoms with E-state index >= 15 is 0 Å². The van der Waals surface area contributed by atoms with E-state index in [1.807, 2.05) is 18.9 Å². The van der Waals surface area contributed by atoms with Gasteiger partial charge in [-0.3, -0.25) is 4.79 Å². The second-order valence-corrected chi connectivity index (χ2v) is 6.60. The van der Waals surface area contributed by atoms with Crippen LogP contribution in [0.15, 0.2) is 46.3 Å². The Bertz CT molecular complexity index is 793. The number of carbonyl (C=O) groups is 1. The number of carbonyl (C=O) groups excluding carboxylic acids is 1. The van der Waals surface area contributed by atoms with E-state index < -0.39 is 5.82 Å². The van der Waals surface area contributed by atoms with Gasteiger partial charge >= 0.3 is 0 Å². The number of halogens is 2. The van der Waals surface area contributed by atoms with Crippen LogP contribution in [-0.2, 0) is 0 Å². The molecule has 132 valence electrons. The topological polar surface area (TPSA) is 32.7 Å². The van der Waals surface area contributed by atoms with E-state index in [0.717, 1.165) is 18.3 Å².